The SMILES string of the molecule is C=CCCC1CCC(C(F)(F)Oc2ccc3c(c2F)C(F)(F)C(F)(F)c2c-3ccc(OCC)c2I)CC1. The molecule has 0 aliphatic heterocycles. The van der Waals surface area contributed by atoms with Gasteiger partial charge in [-0.05, 0) is 103 Å². The van der Waals surface area contributed by atoms with E-state index in [-0.39, 0.29) is 40.2 Å². The van der Waals surface area contributed by atoms with Gasteiger partial charge in [-0.1, -0.05) is 12.1 Å². The van der Waals surface area contributed by atoms with E-state index in [1.807, 2.05) is 0 Å². The maximum Gasteiger partial charge on any atom is 0.400 e. The molecule has 0 bridgehead atoms. The minimum atomic E-state index is -5.03. The van der Waals surface area contributed by atoms with Gasteiger partial charge in [0.05, 0.1) is 27.2 Å². The molecule has 202 valence electrons. The zero-order valence-electron chi connectivity index (χ0n) is 20.0. The summed E-state index contributed by atoms with van der Waals surface area (Å²) in [4.78, 5) is 0. The second-order valence-corrected chi connectivity index (χ2v) is 10.5. The van der Waals surface area contributed by atoms with E-state index in [2.05, 4.69) is 11.3 Å². The van der Waals surface area contributed by atoms with Crippen LogP contribution in [0.3, 0.4) is 0 Å². The first-order valence-electron chi connectivity index (χ1n) is 12.1. The molecular formula is C27H26F7IO2. The Morgan fingerprint density at radius 2 is 1.54 bits per heavy atom. The molecule has 37 heavy (non-hydrogen) atoms. The van der Waals surface area contributed by atoms with Crippen LogP contribution < -0.4 is 9.47 Å². The number of allylic oxidation sites excluding steroid dienone is 1. The molecule has 2 aromatic rings. The lowest BCUT2D eigenvalue weighted by atomic mass is 9.79. The van der Waals surface area contributed by atoms with Gasteiger partial charge in [-0.3, -0.25) is 0 Å². The minimum absolute atomic E-state index is 0.0138. The van der Waals surface area contributed by atoms with Gasteiger partial charge in [0.15, 0.2) is 11.6 Å². The van der Waals surface area contributed by atoms with Crippen LogP contribution in [0.15, 0.2) is 36.9 Å². The molecule has 0 atom stereocenters. The second kappa shape index (κ2) is 10.3. The Morgan fingerprint density at radius 3 is 2.14 bits per heavy atom. The normalized spacial score (nSPS) is 22.1. The Balaban J connectivity index is 1.69. The molecule has 2 aliphatic rings. The highest BCUT2D eigenvalue weighted by Crippen LogP contribution is 2.61. The quantitative estimate of drug-likeness (QED) is 0.162. The maximum absolute atomic E-state index is 15.4. The molecule has 2 nitrogen and oxygen atoms in total. The molecule has 2 aliphatic carbocycles. The van der Waals surface area contributed by atoms with Crippen molar-refractivity contribution in [1.82, 2.24) is 0 Å². The number of fused-ring (bicyclic) bond motifs is 3. The van der Waals surface area contributed by atoms with E-state index in [0.29, 0.717) is 12.8 Å². The average molecular weight is 642 g/mol. The Bertz CT molecular complexity index is 1170. The van der Waals surface area contributed by atoms with Crippen molar-refractivity contribution in [3.63, 3.8) is 0 Å². The molecule has 1 saturated carbocycles. The van der Waals surface area contributed by atoms with Gasteiger partial charge in [-0.2, -0.15) is 26.3 Å². The van der Waals surface area contributed by atoms with Crippen molar-refractivity contribution in [2.24, 2.45) is 11.8 Å². The molecule has 1 fully saturated rings. The van der Waals surface area contributed by atoms with Crippen LogP contribution in [-0.4, -0.2) is 12.7 Å². The summed E-state index contributed by atoms with van der Waals surface area (Å²) in [7, 11) is 0. The highest BCUT2D eigenvalue weighted by molar-refractivity contribution is 14.1. The van der Waals surface area contributed by atoms with E-state index in [0.717, 1.165) is 31.0 Å². The molecule has 0 aromatic heterocycles. The van der Waals surface area contributed by atoms with Gasteiger partial charge in [0.25, 0.3) is 0 Å². The Morgan fingerprint density at radius 1 is 0.973 bits per heavy atom. The summed E-state index contributed by atoms with van der Waals surface area (Å²) >= 11 is 1.49. The lowest BCUT2D eigenvalue weighted by molar-refractivity contribution is -0.230. The molecule has 0 N–H and O–H groups in total. The van der Waals surface area contributed by atoms with Crippen molar-refractivity contribution in [3.8, 4) is 22.6 Å². The van der Waals surface area contributed by atoms with E-state index in [1.54, 1.807) is 13.0 Å². The highest BCUT2D eigenvalue weighted by atomic mass is 127. The summed E-state index contributed by atoms with van der Waals surface area (Å²) in [6, 6.07) is 4.19. The monoisotopic (exact) mass is 642 g/mol. The number of ether oxygens (including phenoxy) is 2. The number of hydrogen-bond donors (Lipinski definition) is 0. The van der Waals surface area contributed by atoms with Gasteiger partial charge < -0.3 is 9.47 Å². The third-order valence-electron chi connectivity index (χ3n) is 7.17. The zero-order chi connectivity index (χ0) is 27.2. The van der Waals surface area contributed by atoms with E-state index in [1.165, 1.54) is 28.7 Å². The number of rotatable bonds is 8. The summed E-state index contributed by atoms with van der Waals surface area (Å²) in [5, 5.41) is 0. The van der Waals surface area contributed by atoms with Crippen molar-refractivity contribution in [1.29, 1.82) is 0 Å². The third kappa shape index (κ3) is 4.83. The summed E-state index contributed by atoms with van der Waals surface area (Å²) < 4.78 is 116. The molecule has 0 saturated heterocycles. The summed E-state index contributed by atoms with van der Waals surface area (Å²) in [6.45, 7) is 5.38. The van der Waals surface area contributed by atoms with Crippen molar-refractivity contribution in [2.75, 3.05) is 6.61 Å². The van der Waals surface area contributed by atoms with E-state index in [4.69, 9.17) is 4.74 Å². The molecular weight excluding hydrogens is 616 g/mol. The fourth-order valence-corrected chi connectivity index (χ4v) is 6.17. The average Bonchev–Trinajstić information content (AvgIpc) is 2.84. The molecule has 10 heteroatoms. The van der Waals surface area contributed by atoms with Crippen LogP contribution in [0.5, 0.6) is 11.5 Å². The Labute approximate surface area is 224 Å². The van der Waals surface area contributed by atoms with Crippen LogP contribution in [0.1, 0.15) is 56.6 Å². The first-order valence-corrected chi connectivity index (χ1v) is 13.2. The van der Waals surface area contributed by atoms with Crippen molar-refractivity contribution in [3.05, 3.63) is 57.4 Å². The van der Waals surface area contributed by atoms with E-state index in [9.17, 15) is 8.78 Å². The number of hydrogen-bond acceptors (Lipinski definition) is 2. The third-order valence-corrected chi connectivity index (χ3v) is 8.24. The van der Waals surface area contributed by atoms with E-state index < -0.39 is 52.1 Å². The van der Waals surface area contributed by atoms with Gasteiger partial charge in [0.1, 0.15) is 5.75 Å². The van der Waals surface area contributed by atoms with Crippen LogP contribution in [0.2, 0.25) is 0 Å². The predicted octanol–water partition coefficient (Wildman–Crippen LogP) is 9.44. The fourth-order valence-electron chi connectivity index (χ4n) is 5.21. The number of benzene rings is 2. The molecule has 2 aromatic carbocycles. The van der Waals surface area contributed by atoms with Crippen LogP contribution in [-0.2, 0) is 11.8 Å². The first-order chi connectivity index (χ1) is 17.4. The number of halogens is 8. The lowest BCUT2D eigenvalue weighted by Gasteiger charge is -2.37. The van der Waals surface area contributed by atoms with E-state index >= 15 is 22.0 Å². The maximum atomic E-state index is 15.4. The van der Waals surface area contributed by atoms with Crippen molar-refractivity contribution < 1.29 is 40.2 Å². The standard InChI is InChI=1S/C27H26F7IO2/c1-3-5-6-15-7-9-16(10-8-15)27(33,34)37-19-13-11-17-18-12-14-20(36-4-2)24(35)22(18)26(31,32)25(29,30)21(17)23(19)28/h3,11-16H,1,4-10H2,2H3. The largest absolute Gasteiger partial charge is 0.493 e. The molecule has 0 radical (unpaired) electrons. The van der Waals surface area contributed by atoms with Crippen molar-refractivity contribution >= 4 is 22.6 Å². The Kier molecular flexibility index (Phi) is 7.80. The van der Waals surface area contributed by atoms with Crippen molar-refractivity contribution in [2.45, 2.75) is 63.4 Å². The first kappa shape index (κ1) is 28.0. The second-order valence-electron chi connectivity index (χ2n) is 9.43. The van der Waals surface area contributed by atoms with Crippen LogP contribution in [0, 0.1) is 21.2 Å². The number of alkyl halides is 6. The van der Waals surface area contributed by atoms with Crippen LogP contribution in [0.4, 0.5) is 30.7 Å². The fraction of sp³-hybridized carbons (Fsp3) is 0.481. The topological polar surface area (TPSA) is 18.5 Å². The smallest absolute Gasteiger partial charge is 0.400 e. The highest BCUT2D eigenvalue weighted by Gasteiger charge is 2.65. The van der Waals surface area contributed by atoms with Gasteiger partial charge in [-0.25, -0.2) is 4.39 Å². The van der Waals surface area contributed by atoms with Gasteiger partial charge in [0.2, 0.25) is 0 Å². The minimum Gasteiger partial charge on any atom is -0.493 e. The lowest BCUT2D eigenvalue weighted by Crippen LogP contribution is -2.41. The van der Waals surface area contributed by atoms with Gasteiger partial charge >= 0.3 is 18.0 Å². The summed E-state index contributed by atoms with van der Waals surface area (Å²) in [6.07, 6.45) is 0.784. The molecule has 0 amide bonds. The van der Waals surface area contributed by atoms with Gasteiger partial charge in [-0.15, -0.1) is 6.58 Å². The summed E-state index contributed by atoms with van der Waals surface area (Å²) in [5.41, 5.74) is -3.49. The zero-order valence-corrected chi connectivity index (χ0v) is 22.2. The molecule has 0 heterocycles. The van der Waals surface area contributed by atoms with Crippen LogP contribution in [0.25, 0.3) is 11.1 Å². The molecule has 0 spiro atoms. The summed E-state index contributed by atoms with van der Waals surface area (Å²) in [5.74, 6) is -14.0. The molecule has 4 rings (SSSR count). The predicted molar refractivity (Wildman–Crippen MR) is 134 cm³/mol. The van der Waals surface area contributed by atoms with Gasteiger partial charge in [0, 0.05) is 0 Å². The Hall–Kier alpha value is -1.98. The molecule has 0 unspecified atom stereocenters. The van der Waals surface area contributed by atoms with Crippen LogP contribution >= 0.6 is 22.6 Å².